The summed E-state index contributed by atoms with van der Waals surface area (Å²) in [6, 6.07) is 56.2. The maximum Gasteiger partial charge on any atom is 0.0716 e. The van der Waals surface area contributed by atoms with Gasteiger partial charge in [-0.2, -0.15) is 0 Å². The van der Waals surface area contributed by atoms with Crippen LogP contribution in [0.3, 0.4) is 0 Å². The zero-order valence-electron chi connectivity index (χ0n) is 29.6. The van der Waals surface area contributed by atoms with Crippen LogP contribution in [0.2, 0.25) is 0 Å². The zero-order chi connectivity index (χ0) is 35.9. The van der Waals surface area contributed by atoms with E-state index in [1.807, 2.05) is 12.2 Å². The van der Waals surface area contributed by atoms with E-state index in [1.54, 1.807) is 0 Å². The van der Waals surface area contributed by atoms with Gasteiger partial charge in [0.05, 0.1) is 33.6 Å². The molecule has 0 fully saturated rings. The number of aromatic nitrogens is 3. The molecule has 0 amide bonds. The van der Waals surface area contributed by atoms with Crippen LogP contribution in [0.4, 0.5) is 0 Å². The van der Waals surface area contributed by atoms with Gasteiger partial charge in [-0.3, -0.25) is 0 Å². The van der Waals surface area contributed by atoms with Crippen LogP contribution in [-0.2, 0) is 0 Å². The van der Waals surface area contributed by atoms with E-state index < -0.39 is 0 Å². The first-order valence-electron chi connectivity index (χ1n) is 18.0. The number of benzene rings is 6. The summed E-state index contributed by atoms with van der Waals surface area (Å²) in [5.41, 5.74) is 15.1. The molecule has 0 bridgehead atoms. The highest BCUT2D eigenvalue weighted by molar-refractivity contribution is 6.09. The van der Waals surface area contributed by atoms with Gasteiger partial charge in [-0.1, -0.05) is 135 Å². The van der Waals surface area contributed by atoms with Crippen molar-refractivity contribution in [3.8, 4) is 45.0 Å². The zero-order valence-corrected chi connectivity index (χ0v) is 29.6. The van der Waals surface area contributed by atoms with Gasteiger partial charge in [-0.15, -0.1) is 0 Å². The van der Waals surface area contributed by atoms with Crippen molar-refractivity contribution in [2.24, 2.45) is 0 Å². The van der Waals surface area contributed by atoms with Gasteiger partial charge < -0.3 is 9.13 Å². The number of rotatable bonds is 8. The Hall–Kier alpha value is -6.97. The lowest BCUT2D eigenvalue weighted by Gasteiger charge is -2.14. The third kappa shape index (κ3) is 5.51. The molecule has 3 aromatic heterocycles. The fourth-order valence-corrected chi connectivity index (χ4v) is 7.71. The molecule has 9 rings (SSSR count). The summed E-state index contributed by atoms with van der Waals surface area (Å²) < 4.78 is 4.68. The summed E-state index contributed by atoms with van der Waals surface area (Å²) in [4.78, 5) is 5.39. The molecule has 3 heteroatoms. The third-order valence-corrected chi connectivity index (χ3v) is 10.2. The summed E-state index contributed by atoms with van der Waals surface area (Å²) in [7, 11) is 0. The summed E-state index contributed by atoms with van der Waals surface area (Å²) in [6.07, 6.45) is 8.09. The Morgan fingerprint density at radius 2 is 1.00 bits per heavy atom. The van der Waals surface area contributed by atoms with Gasteiger partial charge in [0.15, 0.2) is 0 Å². The molecule has 3 heterocycles. The van der Waals surface area contributed by atoms with E-state index in [0.29, 0.717) is 0 Å². The number of pyridine rings is 1. The van der Waals surface area contributed by atoms with E-state index in [2.05, 4.69) is 199 Å². The van der Waals surface area contributed by atoms with Crippen molar-refractivity contribution >= 4 is 50.9 Å². The topological polar surface area (TPSA) is 22.8 Å². The van der Waals surface area contributed by atoms with Gasteiger partial charge >= 0.3 is 0 Å². The van der Waals surface area contributed by atoms with E-state index in [9.17, 15) is 0 Å². The molecular formula is C50H37N3. The molecule has 0 aliphatic rings. The molecule has 9 aromatic rings. The second-order valence-electron chi connectivity index (χ2n) is 13.3. The molecular weight excluding hydrogens is 643 g/mol. The Bertz CT molecular complexity index is 2830. The first-order valence-corrected chi connectivity index (χ1v) is 18.0. The van der Waals surface area contributed by atoms with Gasteiger partial charge in [-0.05, 0) is 84.3 Å². The van der Waals surface area contributed by atoms with Crippen molar-refractivity contribution < 1.29 is 0 Å². The predicted molar refractivity (Wildman–Crippen MR) is 227 cm³/mol. The third-order valence-electron chi connectivity index (χ3n) is 10.2. The molecule has 0 N–H and O–H groups in total. The molecule has 3 nitrogen and oxygen atoms in total. The molecule has 0 saturated carbocycles. The van der Waals surface area contributed by atoms with Gasteiger partial charge in [0, 0.05) is 44.2 Å². The first kappa shape index (κ1) is 32.0. The summed E-state index contributed by atoms with van der Waals surface area (Å²) in [5, 5.41) is 3.66. The highest BCUT2D eigenvalue weighted by Crippen LogP contribution is 2.37. The van der Waals surface area contributed by atoms with E-state index in [1.165, 1.54) is 27.2 Å². The molecule has 0 aliphatic carbocycles. The molecule has 0 unspecified atom stereocenters. The van der Waals surface area contributed by atoms with Crippen LogP contribution in [-0.4, -0.2) is 14.1 Å². The number of fused-ring (bicyclic) bond motifs is 4. The van der Waals surface area contributed by atoms with E-state index in [4.69, 9.17) is 4.98 Å². The normalized spacial score (nSPS) is 11.6. The SMILES string of the molecule is C=Cc1ccc(-c2cc(-c3cccc(-n4c(/C=C\C)c(C=C)c5ccccc54)c3)nc(-c3cccc(-n4c5ccccc5c5ccccc54)c3)c2)cc1. The minimum atomic E-state index is 0.905. The summed E-state index contributed by atoms with van der Waals surface area (Å²) in [5.74, 6) is 0. The van der Waals surface area contributed by atoms with Crippen molar-refractivity contribution in [2.45, 2.75) is 6.92 Å². The molecule has 0 radical (unpaired) electrons. The minimum absolute atomic E-state index is 0.905. The highest BCUT2D eigenvalue weighted by atomic mass is 15.0. The average molecular weight is 680 g/mol. The van der Waals surface area contributed by atoms with Crippen LogP contribution in [0.1, 0.15) is 23.7 Å². The maximum atomic E-state index is 5.39. The fraction of sp³-hybridized carbons (Fsp3) is 0.0200. The van der Waals surface area contributed by atoms with Crippen LogP contribution < -0.4 is 0 Å². The first-order chi connectivity index (χ1) is 26.1. The van der Waals surface area contributed by atoms with E-state index >= 15 is 0 Å². The van der Waals surface area contributed by atoms with Gasteiger partial charge in [0.1, 0.15) is 0 Å². The van der Waals surface area contributed by atoms with Gasteiger partial charge in [0.2, 0.25) is 0 Å². The van der Waals surface area contributed by atoms with E-state index in [0.717, 1.165) is 67.4 Å². The number of para-hydroxylation sites is 3. The van der Waals surface area contributed by atoms with Crippen LogP contribution in [0.25, 0.3) is 96.0 Å². The van der Waals surface area contributed by atoms with Crippen molar-refractivity contribution in [2.75, 3.05) is 0 Å². The van der Waals surface area contributed by atoms with Crippen LogP contribution >= 0.6 is 0 Å². The largest absolute Gasteiger partial charge is 0.309 e. The Labute approximate surface area is 309 Å². The molecule has 53 heavy (non-hydrogen) atoms. The van der Waals surface area contributed by atoms with Crippen molar-refractivity contribution in [1.82, 2.24) is 14.1 Å². The standard InChI is InChI=1S/C50H37N3/c1-4-15-47-41(6-3)42-20-7-10-23-48(42)52(47)39-18-13-16-36(30-39)45-32-38(35-28-26-34(5-2)27-29-35)33-46(51-45)37-17-14-19-40(31-37)53-49-24-11-8-21-43(49)44-22-9-12-25-50(44)53/h4-33H,2-3H2,1H3/b15-4-. The lowest BCUT2D eigenvalue weighted by atomic mass is 9.98. The summed E-state index contributed by atoms with van der Waals surface area (Å²) in [6.45, 7) is 10.2. The van der Waals surface area contributed by atoms with Crippen LogP contribution in [0.15, 0.2) is 177 Å². The number of hydrogen-bond acceptors (Lipinski definition) is 1. The Morgan fingerprint density at radius 1 is 0.472 bits per heavy atom. The molecule has 0 aliphatic heterocycles. The second-order valence-corrected chi connectivity index (χ2v) is 13.3. The van der Waals surface area contributed by atoms with Crippen LogP contribution in [0.5, 0.6) is 0 Å². The monoisotopic (exact) mass is 679 g/mol. The lowest BCUT2D eigenvalue weighted by molar-refractivity contribution is 1.10. The molecule has 0 spiro atoms. The van der Waals surface area contributed by atoms with Gasteiger partial charge in [0.25, 0.3) is 0 Å². The average Bonchev–Trinajstić information content (AvgIpc) is 3.73. The molecule has 0 atom stereocenters. The highest BCUT2D eigenvalue weighted by Gasteiger charge is 2.17. The lowest BCUT2D eigenvalue weighted by Crippen LogP contribution is -1.98. The Balaban J connectivity index is 1.23. The summed E-state index contributed by atoms with van der Waals surface area (Å²) >= 11 is 0. The Kier molecular flexibility index (Phi) is 8.02. The Morgan fingerprint density at radius 3 is 1.55 bits per heavy atom. The van der Waals surface area contributed by atoms with Crippen LogP contribution in [0, 0.1) is 0 Å². The molecule has 6 aromatic carbocycles. The van der Waals surface area contributed by atoms with Gasteiger partial charge in [-0.25, -0.2) is 4.98 Å². The number of hydrogen-bond donors (Lipinski definition) is 0. The van der Waals surface area contributed by atoms with Crippen molar-refractivity contribution in [3.05, 3.63) is 194 Å². The maximum absolute atomic E-state index is 5.39. The fourth-order valence-electron chi connectivity index (χ4n) is 7.71. The predicted octanol–water partition coefficient (Wildman–Crippen LogP) is 13.4. The van der Waals surface area contributed by atoms with Crippen molar-refractivity contribution in [1.29, 1.82) is 0 Å². The smallest absolute Gasteiger partial charge is 0.0716 e. The van der Waals surface area contributed by atoms with Crippen molar-refractivity contribution in [3.63, 3.8) is 0 Å². The molecule has 0 saturated heterocycles. The number of allylic oxidation sites excluding steroid dienone is 1. The van der Waals surface area contributed by atoms with E-state index in [-0.39, 0.29) is 0 Å². The molecule has 252 valence electrons. The quantitative estimate of drug-likeness (QED) is 0.157. The minimum Gasteiger partial charge on any atom is -0.309 e. The number of nitrogens with zero attached hydrogens (tertiary/aromatic N) is 3. The second kappa shape index (κ2) is 13.3.